The van der Waals surface area contributed by atoms with Crippen molar-refractivity contribution in [3.05, 3.63) is 47.5 Å². The predicted octanol–water partition coefficient (Wildman–Crippen LogP) is 2.55. The number of aromatic hydroxyl groups is 2. The summed E-state index contributed by atoms with van der Waals surface area (Å²) in [7, 11) is 1.50. The Labute approximate surface area is 121 Å². The Kier molecular flexibility index (Phi) is 3.17. The molecule has 2 N–H and O–H groups in total. The molecule has 0 aromatic heterocycles. The summed E-state index contributed by atoms with van der Waals surface area (Å²) in [6.45, 7) is 0. The summed E-state index contributed by atoms with van der Waals surface area (Å²) in [5.74, 6) is 0.308. The first kappa shape index (κ1) is 13.3. The third kappa shape index (κ3) is 2.38. The number of benzene rings is 2. The van der Waals surface area contributed by atoms with Crippen LogP contribution in [-0.4, -0.2) is 23.3 Å². The Bertz CT molecular complexity index is 691. The van der Waals surface area contributed by atoms with Crippen LogP contribution in [0.25, 0.3) is 0 Å². The predicted molar refractivity (Wildman–Crippen MR) is 74.9 cm³/mol. The van der Waals surface area contributed by atoms with Gasteiger partial charge in [0, 0.05) is 23.6 Å². The third-order valence-corrected chi connectivity index (χ3v) is 3.55. The maximum Gasteiger partial charge on any atom is 0.312 e. The fourth-order valence-electron chi connectivity index (χ4n) is 2.61. The normalized spacial score (nSPS) is 17.0. The minimum atomic E-state index is -0.367. The van der Waals surface area contributed by atoms with E-state index in [4.69, 9.17) is 9.47 Å². The van der Waals surface area contributed by atoms with E-state index in [1.165, 1.54) is 19.2 Å². The van der Waals surface area contributed by atoms with E-state index in [1.807, 2.05) is 0 Å². The molecule has 3 rings (SSSR count). The van der Waals surface area contributed by atoms with Crippen molar-refractivity contribution < 1.29 is 24.5 Å². The lowest BCUT2D eigenvalue weighted by Crippen LogP contribution is -2.21. The van der Waals surface area contributed by atoms with E-state index in [9.17, 15) is 15.0 Å². The van der Waals surface area contributed by atoms with Crippen molar-refractivity contribution in [3.8, 4) is 23.0 Å². The molecule has 1 heterocycles. The molecule has 5 nitrogen and oxygen atoms in total. The molecule has 1 unspecified atom stereocenters. The molecule has 0 saturated heterocycles. The Morgan fingerprint density at radius 1 is 1.14 bits per heavy atom. The second-order valence-electron chi connectivity index (χ2n) is 4.88. The van der Waals surface area contributed by atoms with Crippen molar-refractivity contribution >= 4 is 5.97 Å². The standard InChI is InChI=1S/C16H14O5/c1-20-13-6-11(18)7-14-16(13)12(8-15(19)21-14)9-2-4-10(17)5-3-9/h2-7,12,17-18H,8H2,1H3. The van der Waals surface area contributed by atoms with E-state index >= 15 is 0 Å². The Morgan fingerprint density at radius 2 is 1.86 bits per heavy atom. The summed E-state index contributed by atoms with van der Waals surface area (Å²) in [6.07, 6.45) is 0.179. The Morgan fingerprint density at radius 3 is 2.52 bits per heavy atom. The molecule has 0 fully saturated rings. The summed E-state index contributed by atoms with van der Waals surface area (Å²) in [4.78, 5) is 11.8. The molecule has 1 atom stereocenters. The molecule has 1 aliphatic rings. The van der Waals surface area contributed by atoms with Crippen LogP contribution in [0, 0.1) is 0 Å². The van der Waals surface area contributed by atoms with Crippen molar-refractivity contribution in [2.45, 2.75) is 12.3 Å². The summed E-state index contributed by atoms with van der Waals surface area (Å²) >= 11 is 0. The molecule has 2 aromatic carbocycles. The fourth-order valence-corrected chi connectivity index (χ4v) is 2.61. The molecule has 21 heavy (non-hydrogen) atoms. The molecule has 0 saturated carbocycles. The van der Waals surface area contributed by atoms with Gasteiger partial charge in [0.25, 0.3) is 0 Å². The van der Waals surface area contributed by atoms with Gasteiger partial charge >= 0.3 is 5.97 Å². The summed E-state index contributed by atoms with van der Waals surface area (Å²) in [5, 5.41) is 19.1. The van der Waals surface area contributed by atoms with Crippen LogP contribution >= 0.6 is 0 Å². The number of phenolic OH excluding ortho intramolecular Hbond substituents is 2. The van der Waals surface area contributed by atoms with Crippen LogP contribution in [0.1, 0.15) is 23.5 Å². The van der Waals surface area contributed by atoms with Crippen molar-refractivity contribution in [2.75, 3.05) is 7.11 Å². The Balaban J connectivity index is 2.16. The van der Waals surface area contributed by atoms with E-state index in [-0.39, 0.29) is 29.8 Å². The lowest BCUT2D eigenvalue weighted by molar-refractivity contribution is -0.135. The van der Waals surface area contributed by atoms with Gasteiger partial charge in [-0.05, 0) is 17.7 Å². The number of carbonyl (C=O) groups is 1. The minimum Gasteiger partial charge on any atom is -0.508 e. The molecule has 0 radical (unpaired) electrons. The van der Waals surface area contributed by atoms with Gasteiger partial charge in [-0.2, -0.15) is 0 Å². The summed E-state index contributed by atoms with van der Waals surface area (Å²) in [6, 6.07) is 9.56. The van der Waals surface area contributed by atoms with Gasteiger partial charge in [-0.1, -0.05) is 12.1 Å². The lowest BCUT2D eigenvalue weighted by atomic mass is 9.85. The van der Waals surface area contributed by atoms with Gasteiger partial charge in [0.05, 0.1) is 13.5 Å². The zero-order valence-electron chi connectivity index (χ0n) is 11.4. The van der Waals surface area contributed by atoms with Crippen molar-refractivity contribution in [2.24, 2.45) is 0 Å². The SMILES string of the molecule is COc1cc(O)cc2c1C(c1ccc(O)cc1)CC(=O)O2. The number of rotatable bonds is 2. The smallest absolute Gasteiger partial charge is 0.312 e. The van der Waals surface area contributed by atoms with Gasteiger partial charge in [0.15, 0.2) is 0 Å². The lowest BCUT2D eigenvalue weighted by Gasteiger charge is -2.26. The topological polar surface area (TPSA) is 76.0 Å². The van der Waals surface area contributed by atoms with Crippen LogP contribution in [0.5, 0.6) is 23.0 Å². The Hall–Kier alpha value is -2.69. The highest BCUT2D eigenvalue weighted by atomic mass is 16.5. The molecule has 0 bridgehead atoms. The number of methoxy groups -OCH3 is 1. The molecular formula is C16H14O5. The molecule has 0 amide bonds. The number of fused-ring (bicyclic) bond motifs is 1. The molecule has 2 aromatic rings. The third-order valence-electron chi connectivity index (χ3n) is 3.55. The number of phenols is 2. The van der Waals surface area contributed by atoms with Crippen LogP contribution in [0.4, 0.5) is 0 Å². The number of hydrogen-bond acceptors (Lipinski definition) is 5. The van der Waals surface area contributed by atoms with E-state index < -0.39 is 0 Å². The van der Waals surface area contributed by atoms with Gasteiger partial charge in [-0.25, -0.2) is 0 Å². The van der Waals surface area contributed by atoms with Crippen LogP contribution in [0.15, 0.2) is 36.4 Å². The average Bonchev–Trinajstić information content (AvgIpc) is 2.45. The number of hydrogen-bond donors (Lipinski definition) is 2. The van der Waals surface area contributed by atoms with Crippen molar-refractivity contribution in [1.29, 1.82) is 0 Å². The maximum atomic E-state index is 11.8. The monoisotopic (exact) mass is 286 g/mol. The van der Waals surface area contributed by atoms with Gasteiger partial charge in [-0.15, -0.1) is 0 Å². The summed E-state index contributed by atoms with van der Waals surface area (Å²) in [5.41, 5.74) is 1.59. The first-order valence-electron chi connectivity index (χ1n) is 6.49. The zero-order valence-corrected chi connectivity index (χ0v) is 11.4. The fraction of sp³-hybridized carbons (Fsp3) is 0.188. The van der Waals surface area contributed by atoms with Gasteiger partial charge in [-0.3, -0.25) is 4.79 Å². The molecule has 5 heteroatoms. The van der Waals surface area contributed by atoms with Gasteiger partial charge in [0.2, 0.25) is 0 Å². The highest BCUT2D eigenvalue weighted by molar-refractivity contribution is 5.79. The van der Waals surface area contributed by atoms with Gasteiger partial charge < -0.3 is 19.7 Å². The largest absolute Gasteiger partial charge is 0.508 e. The second-order valence-corrected chi connectivity index (χ2v) is 4.88. The van der Waals surface area contributed by atoms with Gasteiger partial charge in [0.1, 0.15) is 23.0 Å². The minimum absolute atomic E-state index is 0.0234. The molecule has 1 aliphatic heterocycles. The van der Waals surface area contributed by atoms with E-state index in [2.05, 4.69) is 0 Å². The summed E-state index contributed by atoms with van der Waals surface area (Å²) < 4.78 is 10.5. The number of esters is 1. The molecule has 0 spiro atoms. The molecule has 108 valence electrons. The van der Waals surface area contributed by atoms with E-state index in [0.717, 1.165) is 11.1 Å². The first-order valence-corrected chi connectivity index (χ1v) is 6.49. The van der Waals surface area contributed by atoms with Crippen LogP contribution < -0.4 is 9.47 Å². The van der Waals surface area contributed by atoms with E-state index in [1.54, 1.807) is 24.3 Å². The van der Waals surface area contributed by atoms with E-state index in [0.29, 0.717) is 11.5 Å². The number of carbonyl (C=O) groups excluding carboxylic acids is 1. The zero-order chi connectivity index (χ0) is 15.0. The van der Waals surface area contributed by atoms with Crippen LogP contribution in [0.2, 0.25) is 0 Å². The highest BCUT2D eigenvalue weighted by Gasteiger charge is 2.32. The van der Waals surface area contributed by atoms with Crippen molar-refractivity contribution in [1.82, 2.24) is 0 Å². The van der Waals surface area contributed by atoms with Crippen molar-refractivity contribution in [3.63, 3.8) is 0 Å². The quantitative estimate of drug-likeness (QED) is 0.655. The van der Waals surface area contributed by atoms with Crippen LogP contribution in [-0.2, 0) is 4.79 Å². The first-order chi connectivity index (χ1) is 10.1. The van der Waals surface area contributed by atoms with Crippen LogP contribution in [0.3, 0.4) is 0 Å². The molecule has 0 aliphatic carbocycles. The molecular weight excluding hydrogens is 272 g/mol. The highest BCUT2D eigenvalue weighted by Crippen LogP contribution is 2.46. The number of ether oxygens (including phenoxy) is 2. The average molecular weight is 286 g/mol. The second kappa shape index (κ2) is 5.01. The maximum absolute atomic E-state index is 11.8.